The van der Waals surface area contributed by atoms with E-state index < -0.39 is 0 Å². The van der Waals surface area contributed by atoms with Crippen LogP contribution in [0.3, 0.4) is 0 Å². The van der Waals surface area contributed by atoms with E-state index in [1.165, 1.54) is 5.56 Å². The zero-order chi connectivity index (χ0) is 13.1. The molecular formula is C14H23BrN2. The largest absolute Gasteiger partial charge is 0.329 e. The van der Waals surface area contributed by atoms with Gasteiger partial charge in [-0.1, -0.05) is 48.0 Å². The van der Waals surface area contributed by atoms with Gasteiger partial charge in [-0.2, -0.15) is 0 Å². The zero-order valence-electron chi connectivity index (χ0n) is 11.2. The highest BCUT2D eigenvalue weighted by Crippen LogP contribution is 2.26. The van der Waals surface area contributed by atoms with Gasteiger partial charge in [0.25, 0.3) is 0 Å². The Balaban J connectivity index is 2.85. The molecule has 1 aromatic carbocycles. The van der Waals surface area contributed by atoms with E-state index in [-0.39, 0.29) is 5.54 Å². The first-order valence-corrected chi connectivity index (χ1v) is 6.86. The van der Waals surface area contributed by atoms with Crippen molar-refractivity contribution in [1.29, 1.82) is 0 Å². The molecule has 0 aromatic heterocycles. The van der Waals surface area contributed by atoms with Gasteiger partial charge in [0.15, 0.2) is 0 Å². The first kappa shape index (κ1) is 14.7. The predicted molar refractivity (Wildman–Crippen MR) is 77.9 cm³/mol. The lowest BCUT2D eigenvalue weighted by atomic mass is 9.86. The first-order valence-electron chi connectivity index (χ1n) is 6.06. The normalized spacial score (nSPS) is 15.3. The fraction of sp³-hybridized carbons (Fsp3) is 0.571. The van der Waals surface area contributed by atoms with Crippen molar-refractivity contribution in [3.05, 3.63) is 34.3 Å². The van der Waals surface area contributed by atoms with Crippen LogP contribution in [0.4, 0.5) is 0 Å². The summed E-state index contributed by atoms with van der Waals surface area (Å²) < 4.78 is 1.16. The highest BCUT2D eigenvalue weighted by atomic mass is 79.9. The van der Waals surface area contributed by atoms with E-state index in [2.05, 4.69) is 66.8 Å². The molecule has 0 aliphatic rings. The summed E-state index contributed by atoms with van der Waals surface area (Å²) in [5.74, 6) is 0.528. The molecule has 96 valence electrons. The van der Waals surface area contributed by atoms with Crippen LogP contribution < -0.4 is 5.73 Å². The van der Waals surface area contributed by atoms with E-state index in [1.54, 1.807) is 0 Å². The average Bonchev–Trinajstić information content (AvgIpc) is 2.30. The fourth-order valence-corrected chi connectivity index (χ4v) is 2.31. The third-order valence-corrected chi connectivity index (χ3v) is 4.67. The first-order chi connectivity index (χ1) is 7.91. The summed E-state index contributed by atoms with van der Waals surface area (Å²) in [6.45, 7) is 8.26. The van der Waals surface area contributed by atoms with E-state index in [0.717, 1.165) is 11.0 Å². The molecule has 3 heteroatoms. The summed E-state index contributed by atoms with van der Waals surface area (Å²) in [6.07, 6.45) is 0. The highest BCUT2D eigenvalue weighted by Gasteiger charge is 2.31. The Morgan fingerprint density at radius 2 is 1.94 bits per heavy atom. The minimum atomic E-state index is 0.0370. The van der Waals surface area contributed by atoms with Gasteiger partial charge in [0.2, 0.25) is 0 Å². The predicted octanol–water partition coefficient (Wildman–Crippen LogP) is 3.25. The molecular weight excluding hydrogens is 276 g/mol. The van der Waals surface area contributed by atoms with Gasteiger partial charge >= 0.3 is 0 Å². The molecule has 0 radical (unpaired) electrons. The van der Waals surface area contributed by atoms with Crippen LogP contribution in [0.1, 0.15) is 26.3 Å². The molecule has 1 aromatic rings. The molecule has 0 saturated heterocycles. The molecule has 2 nitrogen and oxygen atoms in total. The average molecular weight is 299 g/mol. The number of likely N-dealkylation sites (N-methyl/N-ethyl adjacent to an activating group) is 1. The Morgan fingerprint density at radius 1 is 1.35 bits per heavy atom. The van der Waals surface area contributed by atoms with E-state index in [9.17, 15) is 0 Å². The van der Waals surface area contributed by atoms with Crippen molar-refractivity contribution in [1.82, 2.24) is 4.90 Å². The number of nitrogens with zero attached hydrogens (tertiary/aromatic N) is 1. The number of hydrogen-bond donors (Lipinski definition) is 1. The van der Waals surface area contributed by atoms with Gasteiger partial charge in [-0.3, -0.25) is 4.90 Å². The summed E-state index contributed by atoms with van der Waals surface area (Å²) in [5, 5.41) is 0. The lowest BCUT2D eigenvalue weighted by molar-refractivity contribution is 0.0876. The minimum absolute atomic E-state index is 0.0370. The van der Waals surface area contributed by atoms with E-state index in [0.29, 0.717) is 12.5 Å². The van der Waals surface area contributed by atoms with Gasteiger partial charge in [-0.05, 0) is 31.5 Å². The molecule has 0 aliphatic carbocycles. The third-order valence-electron chi connectivity index (χ3n) is 3.89. The van der Waals surface area contributed by atoms with Crippen molar-refractivity contribution in [2.75, 3.05) is 13.6 Å². The van der Waals surface area contributed by atoms with Crippen LogP contribution in [-0.2, 0) is 6.54 Å². The Labute approximate surface area is 113 Å². The van der Waals surface area contributed by atoms with Gasteiger partial charge in [0.05, 0.1) is 0 Å². The summed E-state index contributed by atoms with van der Waals surface area (Å²) in [7, 11) is 2.15. The Morgan fingerprint density at radius 3 is 2.41 bits per heavy atom. The molecule has 1 rings (SSSR count). The number of halogens is 1. The van der Waals surface area contributed by atoms with Crippen LogP contribution in [-0.4, -0.2) is 24.0 Å². The SMILES string of the molecule is CC(C)C(C)(CN)N(C)Cc1ccccc1Br. The summed E-state index contributed by atoms with van der Waals surface area (Å²) >= 11 is 3.59. The molecule has 0 fully saturated rings. The summed E-state index contributed by atoms with van der Waals surface area (Å²) in [6, 6.07) is 8.34. The van der Waals surface area contributed by atoms with Crippen molar-refractivity contribution in [2.45, 2.75) is 32.9 Å². The lowest BCUT2D eigenvalue weighted by Crippen LogP contribution is -2.53. The standard InChI is InChI=1S/C14H23BrN2/c1-11(2)14(3,10-16)17(4)9-12-7-5-6-8-13(12)15/h5-8,11H,9-10,16H2,1-4H3. The molecule has 0 saturated carbocycles. The van der Waals surface area contributed by atoms with Crippen molar-refractivity contribution in [2.24, 2.45) is 11.7 Å². The third kappa shape index (κ3) is 3.30. The summed E-state index contributed by atoms with van der Waals surface area (Å²) in [4.78, 5) is 2.34. The second-order valence-corrected chi connectivity index (χ2v) is 6.02. The maximum atomic E-state index is 5.95. The number of hydrogen-bond acceptors (Lipinski definition) is 2. The van der Waals surface area contributed by atoms with Crippen LogP contribution in [0.2, 0.25) is 0 Å². The van der Waals surface area contributed by atoms with Crippen LogP contribution in [0.5, 0.6) is 0 Å². The second-order valence-electron chi connectivity index (χ2n) is 5.16. The van der Waals surface area contributed by atoms with Gasteiger partial charge in [-0.25, -0.2) is 0 Å². The molecule has 0 bridgehead atoms. The minimum Gasteiger partial charge on any atom is -0.329 e. The molecule has 2 N–H and O–H groups in total. The maximum Gasteiger partial charge on any atom is 0.0326 e. The van der Waals surface area contributed by atoms with Crippen molar-refractivity contribution in [3.8, 4) is 0 Å². The van der Waals surface area contributed by atoms with Crippen LogP contribution >= 0.6 is 15.9 Å². The highest BCUT2D eigenvalue weighted by molar-refractivity contribution is 9.10. The number of nitrogens with two attached hydrogens (primary N) is 1. The topological polar surface area (TPSA) is 29.3 Å². The molecule has 17 heavy (non-hydrogen) atoms. The molecule has 0 heterocycles. The van der Waals surface area contributed by atoms with Crippen LogP contribution in [0, 0.1) is 5.92 Å². The van der Waals surface area contributed by atoms with Crippen molar-refractivity contribution >= 4 is 15.9 Å². The van der Waals surface area contributed by atoms with Gasteiger partial charge in [0, 0.05) is 23.1 Å². The van der Waals surface area contributed by atoms with Gasteiger partial charge in [-0.15, -0.1) is 0 Å². The Hall–Kier alpha value is -0.380. The number of rotatable bonds is 5. The van der Waals surface area contributed by atoms with Crippen molar-refractivity contribution in [3.63, 3.8) is 0 Å². The molecule has 0 aliphatic heterocycles. The second kappa shape index (κ2) is 5.98. The zero-order valence-corrected chi connectivity index (χ0v) is 12.8. The maximum absolute atomic E-state index is 5.95. The van der Waals surface area contributed by atoms with Gasteiger partial charge in [0.1, 0.15) is 0 Å². The lowest BCUT2D eigenvalue weighted by Gasteiger charge is -2.41. The Bertz CT molecular complexity index is 365. The van der Waals surface area contributed by atoms with E-state index in [4.69, 9.17) is 5.73 Å². The number of benzene rings is 1. The quantitative estimate of drug-likeness (QED) is 0.904. The van der Waals surface area contributed by atoms with Crippen molar-refractivity contribution < 1.29 is 0 Å². The molecule has 1 unspecified atom stereocenters. The van der Waals surface area contributed by atoms with Crippen LogP contribution in [0.15, 0.2) is 28.7 Å². The fourth-order valence-electron chi connectivity index (χ4n) is 1.90. The monoisotopic (exact) mass is 298 g/mol. The summed E-state index contributed by atoms with van der Waals surface area (Å²) in [5.41, 5.74) is 7.29. The smallest absolute Gasteiger partial charge is 0.0326 e. The molecule has 0 spiro atoms. The Kier molecular flexibility index (Phi) is 5.17. The molecule has 0 amide bonds. The van der Waals surface area contributed by atoms with Crippen LogP contribution in [0.25, 0.3) is 0 Å². The van der Waals surface area contributed by atoms with Gasteiger partial charge < -0.3 is 5.73 Å². The molecule has 1 atom stereocenters. The van der Waals surface area contributed by atoms with E-state index >= 15 is 0 Å². The van der Waals surface area contributed by atoms with E-state index in [1.807, 2.05) is 6.07 Å².